The Hall–Kier alpha value is -3.61. The molecular weight excluding hydrogens is 392 g/mol. The first-order valence-corrected chi connectivity index (χ1v) is 10.3. The summed E-state index contributed by atoms with van der Waals surface area (Å²) in [5.41, 5.74) is 2.48. The Morgan fingerprint density at radius 2 is 1.77 bits per heavy atom. The van der Waals surface area contributed by atoms with E-state index in [1.807, 2.05) is 66.1 Å². The van der Waals surface area contributed by atoms with Crippen molar-refractivity contribution in [3.63, 3.8) is 0 Å². The summed E-state index contributed by atoms with van der Waals surface area (Å²) in [6.07, 6.45) is 0. The van der Waals surface area contributed by atoms with Gasteiger partial charge in [0.05, 0.1) is 13.1 Å². The highest BCUT2D eigenvalue weighted by atomic mass is 16.2. The SMILES string of the molecule is Cc1ccccc1CNC(=O)CNC(=O)[C@@]1(C)Cn2c(cc3ccccc32)C(=O)N1C. The quantitative estimate of drug-likeness (QED) is 0.667. The summed E-state index contributed by atoms with van der Waals surface area (Å²) in [5.74, 6) is -0.862. The Morgan fingerprint density at radius 1 is 1.06 bits per heavy atom. The average Bonchev–Trinajstić information content (AvgIpc) is 3.13. The van der Waals surface area contributed by atoms with E-state index in [1.54, 1.807) is 14.0 Å². The number of amides is 3. The fraction of sp³-hybridized carbons (Fsp3) is 0.292. The predicted molar refractivity (Wildman–Crippen MR) is 118 cm³/mol. The first-order chi connectivity index (χ1) is 14.8. The smallest absolute Gasteiger partial charge is 0.271 e. The van der Waals surface area contributed by atoms with Gasteiger partial charge >= 0.3 is 0 Å². The lowest BCUT2D eigenvalue weighted by Crippen LogP contribution is -2.63. The molecule has 0 saturated heterocycles. The van der Waals surface area contributed by atoms with Crippen LogP contribution in [-0.4, -0.2) is 46.3 Å². The van der Waals surface area contributed by atoms with Crippen LogP contribution in [0.15, 0.2) is 54.6 Å². The fourth-order valence-corrected chi connectivity index (χ4v) is 4.01. The summed E-state index contributed by atoms with van der Waals surface area (Å²) < 4.78 is 1.88. The molecule has 7 heteroatoms. The van der Waals surface area contributed by atoms with Gasteiger partial charge in [-0.25, -0.2) is 0 Å². The Kier molecular flexibility index (Phi) is 5.27. The van der Waals surface area contributed by atoms with Gasteiger partial charge in [-0.05, 0) is 37.1 Å². The minimum absolute atomic E-state index is 0.151. The molecule has 0 saturated carbocycles. The van der Waals surface area contributed by atoms with Gasteiger partial charge < -0.3 is 20.1 Å². The van der Waals surface area contributed by atoms with E-state index in [2.05, 4.69) is 10.6 Å². The van der Waals surface area contributed by atoms with Crippen LogP contribution in [-0.2, 0) is 22.7 Å². The van der Waals surface area contributed by atoms with E-state index in [-0.39, 0.29) is 24.3 Å². The highest BCUT2D eigenvalue weighted by molar-refractivity contribution is 6.03. The monoisotopic (exact) mass is 418 g/mol. The molecule has 0 aliphatic carbocycles. The number of nitrogens with one attached hydrogen (secondary N) is 2. The number of hydrogen-bond acceptors (Lipinski definition) is 3. The molecule has 3 amide bonds. The molecule has 1 aromatic heterocycles. The summed E-state index contributed by atoms with van der Waals surface area (Å²) >= 11 is 0. The summed E-state index contributed by atoms with van der Waals surface area (Å²) in [4.78, 5) is 39.8. The molecule has 2 N–H and O–H groups in total. The van der Waals surface area contributed by atoms with Crippen molar-refractivity contribution in [2.75, 3.05) is 13.6 Å². The number of aryl methyl sites for hydroxylation is 1. The number of rotatable bonds is 5. The topological polar surface area (TPSA) is 83.4 Å². The molecule has 31 heavy (non-hydrogen) atoms. The van der Waals surface area contributed by atoms with Gasteiger partial charge in [0.2, 0.25) is 11.8 Å². The molecule has 0 spiro atoms. The zero-order chi connectivity index (χ0) is 22.2. The van der Waals surface area contributed by atoms with E-state index in [9.17, 15) is 14.4 Å². The third-order valence-electron chi connectivity index (χ3n) is 6.18. The van der Waals surface area contributed by atoms with Crippen molar-refractivity contribution in [2.24, 2.45) is 0 Å². The van der Waals surface area contributed by atoms with Gasteiger partial charge in [0, 0.05) is 24.5 Å². The zero-order valence-corrected chi connectivity index (χ0v) is 17.9. The fourth-order valence-electron chi connectivity index (χ4n) is 4.01. The highest BCUT2D eigenvalue weighted by Crippen LogP contribution is 2.31. The summed E-state index contributed by atoms with van der Waals surface area (Å²) in [7, 11) is 1.63. The highest BCUT2D eigenvalue weighted by Gasteiger charge is 2.45. The van der Waals surface area contributed by atoms with Gasteiger partial charge in [-0.2, -0.15) is 0 Å². The minimum atomic E-state index is -1.11. The van der Waals surface area contributed by atoms with Crippen LogP contribution in [0.2, 0.25) is 0 Å². The molecule has 0 fully saturated rings. The maximum atomic E-state index is 13.1. The van der Waals surface area contributed by atoms with Gasteiger partial charge in [0.1, 0.15) is 11.2 Å². The molecule has 0 radical (unpaired) electrons. The Morgan fingerprint density at radius 3 is 2.55 bits per heavy atom. The molecule has 160 valence electrons. The van der Waals surface area contributed by atoms with Crippen LogP contribution in [0.3, 0.4) is 0 Å². The third-order valence-corrected chi connectivity index (χ3v) is 6.18. The van der Waals surface area contributed by atoms with E-state index in [0.717, 1.165) is 22.0 Å². The van der Waals surface area contributed by atoms with Crippen LogP contribution in [0.4, 0.5) is 0 Å². The molecule has 0 unspecified atom stereocenters. The van der Waals surface area contributed by atoms with Crippen molar-refractivity contribution in [3.8, 4) is 0 Å². The van der Waals surface area contributed by atoms with Crippen LogP contribution in [0.5, 0.6) is 0 Å². The molecule has 1 aliphatic heterocycles. The van der Waals surface area contributed by atoms with Crippen molar-refractivity contribution in [2.45, 2.75) is 32.5 Å². The minimum Gasteiger partial charge on any atom is -0.350 e. The van der Waals surface area contributed by atoms with Crippen LogP contribution in [0, 0.1) is 6.92 Å². The number of fused-ring (bicyclic) bond motifs is 3. The first-order valence-electron chi connectivity index (χ1n) is 10.3. The van der Waals surface area contributed by atoms with Crippen LogP contribution < -0.4 is 10.6 Å². The maximum absolute atomic E-state index is 13.1. The van der Waals surface area contributed by atoms with Crippen molar-refractivity contribution < 1.29 is 14.4 Å². The first kappa shape index (κ1) is 20.7. The lowest BCUT2D eigenvalue weighted by Gasteiger charge is -2.41. The number of benzene rings is 2. The second-order valence-corrected chi connectivity index (χ2v) is 8.20. The molecule has 2 aromatic carbocycles. The van der Waals surface area contributed by atoms with Crippen molar-refractivity contribution >= 4 is 28.6 Å². The molecular formula is C24H26N4O3. The van der Waals surface area contributed by atoms with E-state index in [4.69, 9.17) is 0 Å². The Labute approximate surface area is 181 Å². The van der Waals surface area contributed by atoms with Gasteiger partial charge in [-0.15, -0.1) is 0 Å². The lowest BCUT2D eigenvalue weighted by atomic mass is 9.95. The Balaban J connectivity index is 1.44. The van der Waals surface area contributed by atoms with E-state index >= 15 is 0 Å². The largest absolute Gasteiger partial charge is 0.350 e. The van der Waals surface area contributed by atoms with Gasteiger partial charge in [-0.3, -0.25) is 14.4 Å². The van der Waals surface area contributed by atoms with E-state index < -0.39 is 5.54 Å². The number of carbonyl (C=O) groups is 3. The third kappa shape index (κ3) is 3.67. The van der Waals surface area contributed by atoms with E-state index in [0.29, 0.717) is 18.8 Å². The van der Waals surface area contributed by atoms with Crippen LogP contribution in [0.1, 0.15) is 28.5 Å². The number of likely N-dealkylation sites (N-methyl/N-ethyl adjacent to an activating group) is 1. The number of para-hydroxylation sites is 1. The molecule has 4 rings (SSSR count). The summed E-state index contributed by atoms with van der Waals surface area (Å²) in [6.45, 7) is 4.27. The zero-order valence-electron chi connectivity index (χ0n) is 17.9. The average molecular weight is 418 g/mol. The predicted octanol–water partition coefficient (Wildman–Crippen LogP) is 2.23. The second kappa shape index (κ2) is 7.91. The number of nitrogens with zero attached hydrogens (tertiary/aromatic N) is 2. The lowest BCUT2D eigenvalue weighted by molar-refractivity contribution is -0.134. The van der Waals surface area contributed by atoms with Crippen molar-refractivity contribution in [3.05, 3.63) is 71.4 Å². The maximum Gasteiger partial charge on any atom is 0.271 e. The second-order valence-electron chi connectivity index (χ2n) is 8.20. The number of hydrogen-bond donors (Lipinski definition) is 2. The molecule has 0 bridgehead atoms. The number of carbonyl (C=O) groups excluding carboxylic acids is 3. The van der Waals surface area contributed by atoms with Crippen LogP contribution in [0.25, 0.3) is 10.9 Å². The van der Waals surface area contributed by atoms with Crippen LogP contribution >= 0.6 is 0 Å². The Bertz CT molecular complexity index is 1180. The van der Waals surface area contributed by atoms with Gasteiger partial charge in [0.25, 0.3) is 5.91 Å². The molecule has 2 heterocycles. The van der Waals surface area contributed by atoms with Gasteiger partial charge in [-0.1, -0.05) is 42.5 Å². The van der Waals surface area contributed by atoms with E-state index in [1.165, 1.54) is 4.90 Å². The standard InChI is InChI=1S/C24H26N4O3/c1-16-8-4-5-10-18(16)13-25-21(29)14-26-23(31)24(2)15-28-19-11-7-6-9-17(19)12-20(28)22(30)27(24)3/h4-12H,13-15H2,1-3H3,(H,25,29)(H,26,31)/t24-/m1/s1. The van der Waals surface area contributed by atoms with Crippen molar-refractivity contribution in [1.29, 1.82) is 0 Å². The molecule has 7 nitrogen and oxygen atoms in total. The van der Waals surface area contributed by atoms with Crippen molar-refractivity contribution in [1.82, 2.24) is 20.1 Å². The summed E-state index contributed by atoms with van der Waals surface area (Å²) in [6, 6.07) is 17.4. The molecule has 3 aromatic rings. The van der Waals surface area contributed by atoms with Gasteiger partial charge in [0.15, 0.2) is 0 Å². The molecule has 1 aliphatic rings. The summed E-state index contributed by atoms with van der Waals surface area (Å²) in [5, 5.41) is 6.49. The molecule has 1 atom stereocenters. The normalized spacial score (nSPS) is 18.0. The number of aromatic nitrogens is 1.